The van der Waals surface area contributed by atoms with Gasteiger partial charge in [-0.25, -0.2) is 0 Å². The maximum absolute atomic E-state index is 12.9. The van der Waals surface area contributed by atoms with E-state index in [0.717, 1.165) is 11.1 Å². The summed E-state index contributed by atoms with van der Waals surface area (Å²) in [5.74, 6) is -0.00398. The van der Waals surface area contributed by atoms with Crippen LogP contribution in [0.3, 0.4) is 0 Å². The van der Waals surface area contributed by atoms with E-state index in [-0.39, 0.29) is 18.2 Å². The second-order valence-electron chi connectivity index (χ2n) is 7.56. The van der Waals surface area contributed by atoms with Crippen LogP contribution in [0.1, 0.15) is 17.5 Å². The molecule has 0 aromatic heterocycles. The van der Waals surface area contributed by atoms with E-state index in [1.165, 1.54) is 0 Å². The minimum atomic E-state index is -0.391. The van der Waals surface area contributed by atoms with Crippen LogP contribution in [0.4, 0.5) is 5.69 Å². The van der Waals surface area contributed by atoms with Gasteiger partial charge in [0.1, 0.15) is 12.4 Å². The van der Waals surface area contributed by atoms with Crippen molar-refractivity contribution in [3.8, 4) is 5.75 Å². The average Bonchev–Trinajstić information content (AvgIpc) is 3.14. The number of amides is 2. The van der Waals surface area contributed by atoms with E-state index < -0.39 is 5.92 Å². The zero-order chi connectivity index (χ0) is 21.6. The van der Waals surface area contributed by atoms with Crippen molar-refractivity contribution in [2.45, 2.75) is 19.6 Å². The third-order valence-electron chi connectivity index (χ3n) is 5.23. The molecule has 1 N–H and O–H groups in total. The van der Waals surface area contributed by atoms with Gasteiger partial charge in [0.05, 0.1) is 11.6 Å². The molecule has 1 unspecified atom stereocenters. The number of hydrogen-bond donors (Lipinski definition) is 1. The third-order valence-corrected chi connectivity index (χ3v) is 5.46. The van der Waals surface area contributed by atoms with E-state index >= 15 is 0 Å². The third kappa shape index (κ3) is 5.44. The lowest BCUT2D eigenvalue weighted by Crippen LogP contribution is -2.28. The van der Waals surface area contributed by atoms with E-state index in [1.54, 1.807) is 11.0 Å². The SMILES string of the molecule is O=C(Nc1ccccc1OCc1cccc(Cl)c1)C1CC(=O)N(Cc2ccccc2)C1. The molecule has 0 bridgehead atoms. The van der Waals surface area contributed by atoms with E-state index in [4.69, 9.17) is 16.3 Å². The number of likely N-dealkylation sites (tertiary alicyclic amines) is 1. The summed E-state index contributed by atoms with van der Waals surface area (Å²) in [5.41, 5.74) is 2.58. The van der Waals surface area contributed by atoms with E-state index in [9.17, 15) is 9.59 Å². The molecule has 3 aromatic carbocycles. The van der Waals surface area contributed by atoms with Crippen LogP contribution in [0.15, 0.2) is 78.9 Å². The molecule has 0 saturated carbocycles. The molecular formula is C25H23ClN2O3. The molecule has 2 amide bonds. The Morgan fingerprint density at radius 1 is 1.00 bits per heavy atom. The highest BCUT2D eigenvalue weighted by molar-refractivity contribution is 6.30. The summed E-state index contributed by atoms with van der Waals surface area (Å²) in [7, 11) is 0. The van der Waals surface area contributed by atoms with Gasteiger partial charge in [-0.1, -0.05) is 66.2 Å². The van der Waals surface area contributed by atoms with Crippen molar-refractivity contribution in [2.75, 3.05) is 11.9 Å². The lowest BCUT2D eigenvalue weighted by Gasteiger charge is -2.17. The molecule has 5 nitrogen and oxygen atoms in total. The van der Waals surface area contributed by atoms with Gasteiger partial charge in [-0.2, -0.15) is 0 Å². The molecule has 0 radical (unpaired) electrons. The number of rotatable bonds is 7. The van der Waals surface area contributed by atoms with Crippen LogP contribution < -0.4 is 10.1 Å². The summed E-state index contributed by atoms with van der Waals surface area (Å²) in [6.45, 7) is 1.26. The van der Waals surface area contributed by atoms with Crippen LogP contribution in [0.2, 0.25) is 5.02 Å². The molecule has 1 aliphatic rings. The van der Waals surface area contributed by atoms with Gasteiger partial charge in [-0.05, 0) is 35.4 Å². The minimum Gasteiger partial charge on any atom is -0.487 e. The Labute approximate surface area is 186 Å². The summed E-state index contributed by atoms with van der Waals surface area (Å²) >= 11 is 6.03. The van der Waals surface area contributed by atoms with Crippen molar-refractivity contribution in [3.63, 3.8) is 0 Å². The van der Waals surface area contributed by atoms with Gasteiger partial charge in [-0.15, -0.1) is 0 Å². The van der Waals surface area contributed by atoms with Gasteiger partial charge in [0.2, 0.25) is 11.8 Å². The van der Waals surface area contributed by atoms with Crippen LogP contribution >= 0.6 is 11.6 Å². The molecule has 1 heterocycles. The summed E-state index contributed by atoms with van der Waals surface area (Å²) in [4.78, 5) is 27.0. The molecular weight excluding hydrogens is 412 g/mol. The maximum atomic E-state index is 12.9. The molecule has 0 spiro atoms. The van der Waals surface area contributed by atoms with Crippen molar-refractivity contribution < 1.29 is 14.3 Å². The molecule has 6 heteroatoms. The molecule has 0 aliphatic carbocycles. The summed E-state index contributed by atoms with van der Waals surface area (Å²) in [6, 6.07) is 24.5. The van der Waals surface area contributed by atoms with Gasteiger partial charge in [-0.3, -0.25) is 9.59 Å². The highest BCUT2D eigenvalue weighted by Crippen LogP contribution is 2.28. The maximum Gasteiger partial charge on any atom is 0.229 e. The minimum absolute atomic E-state index is 0.00510. The first-order valence-corrected chi connectivity index (χ1v) is 10.5. The number of anilines is 1. The van der Waals surface area contributed by atoms with Gasteiger partial charge in [0, 0.05) is 24.5 Å². The Balaban J connectivity index is 1.38. The van der Waals surface area contributed by atoms with Crippen LogP contribution in [-0.2, 0) is 22.7 Å². The number of nitrogens with one attached hydrogen (secondary N) is 1. The molecule has 1 atom stereocenters. The lowest BCUT2D eigenvalue weighted by molar-refractivity contribution is -0.128. The topological polar surface area (TPSA) is 58.6 Å². The molecule has 1 saturated heterocycles. The van der Waals surface area contributed by atoms with Gasteiger partial charge >= 0.3 is 0 Å². The number of ether oxygens (including phenoxy) is 1. The first kappa shape index (κ1) is 20.9. The fourth-order valence-electron chi connectivity index (χ4n) is 3.62. The fraction of sp³-hybridized carbons (Fsp3) is 0.200. The van der Waals surface area contributed by atoms with Crippen LogP contribution in [0, 0.1) is 5.92 Å². The summed E-state index contributed by atoms with van der Waals surface area (Å²) in [6.07, 6.45) is 0.213. The molecule has 31 heavy (non-hydrogen) atoms. The van der Waals surface area contributed by atoms with E-state index in [0.29, 0.717) is 36.2 Å². The lowest BCUT2D eigenvalue weighted by atomic mass is 10.1. The van der Waals surface area contributed by atoms with Gasteiger partial charge < -0.3 is 15.0 Å². The first-order valence-electron chi connectivity index (χ1n) is 10.2. The van der Waals surface area contributed by atoms with Crippen LogP contribution in [0.5, 0.6) is 5.75 Å². The molecule has 158 valence electrons. The van der Waals surface area contributed by atoms with Crippen molar-refractivity contribution >= 4 is 29.1 Å². The van der Waals surface area contributed by atoms with Gasteiger partial charge in [0.15, 0.2) is 0 Å². The van der Waals surface area contributed by atoms with Gasteiger partial charge in [0.25, 0.3) is 0 Å². The highest BCUT2D eigenvalue weighted by atomic mass is 35.5. The second kappa shape index (κ2) is 9.67. The Morgan fingerprint density at radius 2 is 1.74 bits per heavy atom. The van der Waals surface area contributed by atoms with Crippen molar-refractivity contribution in [1.82, 2.24) is 4.90 Å². The van der Waals surface area contributed by atoms with Crippen molar-refractivity contribution in [1.29, 1.82) is 0 Å². The van der Waals surface area contributed by atoms with Crippen molar-refractivity contribution in [2.24, 2.45) is 5.92 Å². The molecule has 1 fully saturated rings. The average molecular weight is 435 g/mol. The van der Waals surface area contributed by atoms with Crippen molar-refractivity contribution in [3.05, 3.63) is 95.0 Å². The molecule has 1 aliphatic heterocycles. The molecule has 3 aromatic rings. The number of benzene rings is 3. The Kier molecular flexibility index (Phi) is 6.53. The standard InChI is InChI=1S/C25H23ClN2O3/c26-21-10-6-9-19(13-21)17-31-23-12-5-4-11-22(23)27-25(30)20-14-24(29)28(16-20)15-18-7-2-1-3-8-18/h1-13,20H,14-17H2,(H,27,30). The second-order valence-corrected chi connectivity index (χ2v) is 8.00. The smallest absolute Gasteiger partial charge is 0.229 e. The summed E-state index contributed by atoms with van der Waals surface area (Å²) < 4.78 is 5.91. The number of carbonyl (C=O) groups excluding carboxylic acids is 2. The predicted octanol–water partition coefficient (Wildman–Crippen LogP) is 4.91. The van der Waals surface area contributed by atoms with E-state index in [2.05, 4.69) is 5.32 Å². The Bertz CT molecular complexity index is 1070. The number of para-hydroxylation sites is 2. The Morgan fingerprint density at radius 3 is 2.55 bits per heavy atom. The quantitative estimate of drug-likeness (QED) is 0.575. The highest BCUT2D eigenvalue weighted by Gasteiger charge is 2.34. The monoisotopic (exact) mass is 434 g/mol. The summed E-state index contributed by atoms with van der Waals surface area (Å²) in [5, 5.41) is 3.58. The van der Waals surface area contributed by atoms with Crippen LogP contribution in [-0.4, -0.2) is 23.3 Å². The molecule has 4 rings (SSSR count). The number of hydrogen-bond acceptors (Lipinski definition) is 3. The Hall–Kier alpha value is -3.31. The first-order chi connectivity index (χ1) is 15.1. The fourth-order valence-corrected chi connectivity index (χ4v) is 3.84. The predicted molar refractivity (Wildman–Crippen MR) is 121 cm³/mol. The normalized spacial score (nSPS) is 15.7. The number of nitrogens with zero attached hydrogens (tertiary/aromatic N) is 1. The number of halogens is 1. The zero-order valence-corrected chi connectivity index (χ0v) is 17.7. The number of carbonyl (C=O) groups is 2. The zero-order valence-electron chi connectivity index (χ0n) is 17.0. The van der Waals surface area contributed by atoms with E-state index in [1.807, 2.05) is 72.8 Å². The van der Waals surface area contributed by atoms with Crippen LogP contribution in [0.25, 0.3) is 0 Å². The largest absolute Gasteiger partial charge is 0.487 e.